The molecular formula is C20H19N3O3. The molecule has 0 aliphatic carbocycles. The van der Waals surface area contributed by atoms with E-state index in [9.17, 15) is 15.2 Å². The molecule has 2 aromatic carbocycles. The summed E-state index contributed by atoms with van der Waals surface area (Å²) in [6, 6.07) is 15.1. The highest BCUT2D eigenvalue weighted by molar-refractivity contribution is 5.93. The van der Waals surface area contributed by atoms with Crippen molar-refractivity contribution in [2.24, 2.45) is 0 Å². The van der Waals surface area contributed by atoms with Gasteiger partial charge in [-0.25, -0.2) is 0 Å². The average Bonchev–Trinajstić information content (AvgIpc) is 3.13. The molecule has 0 bridgehead atoms. The van der Waals surface area contributed by atoms with Crippen LogP contribution in [0.5, 0.6) is 5.75 Å². The van der Waals surface area contributed by atoms with Gasteiger partial charge in [0, 0.05) is 30.9 Å². The van der Waals surface area contributed by atoms with Gasteiger partial charge in [-0.15, -0.1) is 0 Å². The highest BCUT2D eigenvalue weighted by atomic mass is 16.6. The summed E-state index contributed by atoms with van der Waals surface area (Å²) in [5, 5.41) is 22.4. The van der Waals surface area contributed by atoms with Crippen LogP contribution in [0.25, 0.3) is 10.9 Å². The summed E-state index contributed by atoms with van der Waals surface area (Å²) in [5.41, 5.74) is 2.14. The molecule has 0 saturated carbocycles. The first-order chi connectivity index (χ1) is 12.6. The Bertz CT molecular complexity index is 959. The van der Waals surface area contributed by atoms with Crippen molar-refractivity contribution in [1.82, 2.24) is 9.88 Å². The zero-order valence-corrected chi connectivity index (χ0v) is 14.2. The Kier molecular flexibility index (Phi) is 4.26. The Hall–Kier alpha value is -2.99. The molecule has 6 nitrogen and oxygen atoms in total. The van der Waals surface area contributed by atoms with Gasteiger partial charge in [-0.1, -0.05) is 30.3 Å². The van der Waals surface area contributed by atoms with Gasteiger partial charge < -0.3 is 5.11 Å². The summed E-state index contributed by atoms with van der Waals surface area (Å²) < 4.78 is 0. The van der Waals surface area contributed by atoms with Crippen molar-refractivity contribution in [3.8, 4) is 5.75 Å². The molecule has 6 heteroatoms. The summed E-state index contributed by atoms with van der Waals surface area (Å²) in [5.74, 6) is 0.487. The summed E-state index contributed by atoms with van der Waals surface area (Å²) in [4.78, 5) is 17.4. The average molecular weight is 349 g/mol. The van der Waals surface area contributed by atoms with E-state index in [1.807, 2.05) is 18.2 Å². The summed E-state index contributed by atoms with van der Waals surface area (Å²) in [7, 11) is 0. The number of fused-ring (bicyclic) bond motifs is 1. The maximum atomic E-state index is 11.4. The number of hydrogen-bond donors (Lipinski definition) is 1. The van der Waals surface area contributed by atoms with Crippen LogP contribution < -0.4 is 0 Å². The molecule has 0 amide bonds. The number of rotatable bonds is 4. The molecule has 0 spiro atoms. The molecule has 2 heterocycles. The molecule has 1 fully saturated rings. The topological polar surface area (TPSA) is 79.5 Å². The predicted molar refractivity (Wildman–Crippen MR) is 99.1 cm³/mol. The first-order valence-corrected chi connectivity index (χ1v) is 8.64. The van der Waals surface area contributed by atoms with Gasteiger partial charge in [0.25, 0.3) is 5.69 Å². The van der Waals surface area contributed by atoms with Gasteiger partial charge >= 0.3 is 0 Å². The maximum absolute atomic E-state index is 11.4. The quantitative estimate of drug-likeness (QED) is 0.572. The zero-order valence-electron chi connectivity index (χ0n) is 14.2. The third kappa shape index (κ3) is 2.99. The van der Waals surface area contributed by atoms with Gasteiger partial charge in [-0.2, -0.15) is 0 Å². The van der Waals surface area contributed by atoms with Gasteiger partial charge in [-0.3, -0.25) is 20.0 Å². The molecule has 3 aromatic rings. The minimum atomic E-state index is -0.413. The number of aromatic hydroxyl groups is 1. The third-order valence-corrected chi connectivity index (χ3v) is 5.06. The molecule has 1 aromatic heterocycles. The molecule has 1 N–H and O–H groups in total. The molecule has 1 aliphatic rings. The van der Waals surface area contributed by atoms with Gasteiger partial charge in [0.2, 0.25) is 0 Å². The molecule has 1 atom stereocenters. The number of nitro benzene ring substituents is 1. The molecule has 0 radical (unpaired) electrons. The van der Waals surface area contributed by atoms with Crippen molar-refractivity contribution in [2.45, 2.75) is 18.9 Å². The molecule has 1 aliphatic heterocycles. The largest absolute Gasteiger partial charge is 0.505 e. The number of pyridine rings is 1. The van der Waals surface area contributed by atoms with E-state index in [1.54, 1.807) is 12.1 Å². The predicted octanol–water partition coefficient (Wildman–Crippen LogP) is 3.84. The standard InChI is InChI=1S/C20H19N3O3/c24-20-16(11-18(23(25)26)17-7-4-9-21-19(17)20)13-22-10-8-15(12-22)14-5-2-1-3-6-14/h1-7,9,11,15,24H,8,10,12-13H2/t15-/m0/s1. The molecule has 1 saturated heterocycles. The number of hydrogen-bond acceptors (Lipinski definition) is 5. The lowest BCUT2D eigenvalue weighted by molar-refractivity contribution is -0.383. The number of phenols is 1. The number of nitrogens with zero attached hydrogens (tertiary/aromatic N) is 3. The van der Waals surface area contributed by atoms with E-state index in [0.717, 1.165) is 19.5 Å². The van der Waals surface area contributed by atoms with Crippen molar-refractivity contribution < 1.29 is 10.0 Å². The van der Waals surface area contributed by atoms with E-state index >= 15 is 0 Å². The Morgan fingerprint density at radius 3 is 2.81 bits per heavy atom. The number of nitro groups is 1. The van der Waals surface area contributed by atoms with Crippen LogP contribution in [-0.4, -0.2) is 33.0 Å². The zero-order chi connectivity index (χ0) is 18.1. The van der Waals surface area contributed by atoms with E-state index in [-0.39, 0.29) is 17.0 Å². The Balaban J connectivity index is 1.62. The Morgan fingerprint density at radius 1 is 1.23 bits per heavy atom. The molecule has 26 heavy (non-hydrogen) atoms. The van der Waals surface area contributed by atoms with Gasteiger partial charge in [-0.05, 0) is 36.6 Å². The fraction of sp³-hybridized carbons (Fsp3) is 0.250. The van der Waals surface area contributed by atoms with Crippen LogP contribution in [0, 0.1) is 10.1 Å². The van der Waals surface area contributed by atoms with Gasteiger partial charge in [0.15, 0.2) is 0 Å². The summed E-state index contributed by atoms with van der Waals surface area (Å²) >= 11 is 0. The van der Waals surface area contributed by atoms with Crippen LogP contribution >= 0.6 is 0 Å². The second-order valence-electron chi connectivity index (χ2n) is 6.69. The fourth-order valence-electron chi connectivity index (χ4n) is 3.75. The van der Waals surface area contributed by atoms with E-state index in [4.69, 9.17) is 0 Å². The normalized spacial score (nSPS) is 17.6. The van der Waals surface area contributed by atoms with Crippen molar-refractivity contribution in [3.05, 3.63) is 76.0 Å². The van der Waals surface area contributed by atoms with Crippen LogP contribution in [-0.2, 0) is 6.54 Å². The monoisotopic (exact) mass is 349 g/mol. The molecule has 132 valence electrons. The Labute approximate surface area is 150 Å². The fourth-order valence-corrected chi connectivity index (χ4v) is 3.75. The summed E-state index contributed by atoms with van der Waals surface area (Å²) in [6.07, 6.45) is 2.58. The number of non-ortho nitro benzene ring substituents is 1. The van der Waals surface area contributed by atoms with E-state index in [1.165, 1.54) is 17.8 Å². The number of phenolic OH excluding ortho intramolecular Hbond substituents is 1. The minimum absolute atomic E-state index is 0.0142. The van der Waals surface area contributed by atoms with Gasteiger partial charge in [0.1, 0.15) is 11.3 Å². The van der Waals surface area contributed by atoms with Crippen molar-refractivity contribution in [3.63, 3.8) is 0 Å². The van der Waals surface area contributed by atoms with Crippen molar-refractivity contribution in [2.75, 3.05) is 13.1 Å². The smallest absolute Gasteiger partial charge is 0.279 e. The lowest BCUT2D eigenvalue weighted by Gasteiger charge is -2.17. The van der Waals surface area contributed by atoms with Gasteiger partial charge in [0.05, 0.1) is 10.3 Å². The Morgan fingerprint density at radius 2 is 2.04 bits per heavy atom. The number of likely N-dealkylation sites (tertiary alicyclic amines) is 1. The highest BCUT2D eigenvalue weighted by Crippen LogP contribution is 2.36. The lowest BCUT2D eigenvalue weighted by atomic mass is 9.99. The highest BCUT2D eigenvalue weighted by Gasteiger charge is 2.26. The first kappa shape index (κ1) is 16.5. The van der Waals surface area contributed by atoms with Crippen LogP contribution in [0.4, 0.5) is 5.69 Å². The van der Waals surface area contributed by atoms with E-state index < -0.39 is 4.92 Å². The first-order valence-electron chi connectivity index (χ1n) is 8.64. The second-order valence-corrected chi connectivity index (χ2v) is 6.69. The molecular weight excluding hydrogens is 330 g/mol. The second kappa shape index (κ2) is 6.72. The van der Waals surface area contributed by atoms with E-state index in [0.29, 0.717) is 23.4 Å². The number of aromatic nitrogens is 1. The minimum Gasteiger partial charge on any atom is -0.505 e. The van der Waals surface area contributed by atoms with Crippen LogP contribution in [0.15, 0.2) is 54.7 Å². The van der Waals surface area contributed by atoms with Crippen LogP contribution in [0.1, 0.15) is 23.5 Å². The van der Waals surface area contributed by atoms with Crippen LogP contribution in [0.2, 0.25) is 0 Å². The lowest BCUT2D eigenvalue weighted by Crippen LogP contribution is -2.20. The van der Waals surface area contributed by atoms with E-state index in [2.05, 4.69) is 22.0 Å². The SMILES string of the molecule is O=[N+]([O-])c1cc(CN2CC[C@H](c3ccccc3)C2)c(O)c2ncccc12. The maximum Gasteiger partial charge on any atom is 0.279 e. The molecule has 0 unspecified atom stereocenters. The van der Waals surface area contributed by atoms with Crippen LogP contribution in [0.3, 0.4) is 0 Å². The van der Waals surface area contributed by atoms with Crippen molar-refractivity contribution >= 4 is 16.6 Å². The molecule has 4 rings (SSSR count). The third-order valence-electron chi connectivity index (χ3n) is 5.06. The van der Waals surface area contributed by atoms with Crippen molar-refractivity contribution in [1.29, 1.82) is 0 Å². The summed E-state index contributed by atoms with van der Waals surface area (Å²) in [6.45, 7) is 2.24. The number of benzene rings is 2.